The standard InChI is InChI=1S/C7H7O.C5H5.2CO.Fe/c1-8-7-5-3-2-4-6-7;1-2-4-5-3-1;2*1-2;/h3-6H,1H3;1-5H;;;/q2*-1;;;+6. The molecule has 2 rings (SSSR count). The fraction of sp³-hybridized carbons (Fsp3) is 0.0714. The maximum absolute atomic E-state index is 7.50. The van der Waals surface area contributed by atoms with Gasteiger partial charge in [-0.05, 0) is 0 Å². The molecule has 18 heavy (non-hydrogen) atoms. The summed E-state index contributed by atoms with van der Waals surface area (Å²) in [4.78, 5) is 0. The maximum Gasteiger partial charge on any atom is 6.00 e. The number of methoxy groups -OCH3 is 1. The van der Waals surface area contributed by atoms with Crippen LogP contribution in [0.15, 0.2) is 54.6 Å². The van der Waals surface area contributed by atoms with Crippen molar-refractivity contribution in [2.24, 2.45) is 0 Å². The minimum absolute atomic E-state index is 0. The molecule has 0 aromatic heterocycles. The monoisotopic (exact) mass is 284 g/mol. The van der Waals surface area contributed by atoms with Crippen molar-refractivity contribution < 1.29 is 31.1 Å². The van der Waals surface area contributed by atoms with Crippen LogP contribution in [-0.2, 0) is 26.4 Å². The molecule has 4 heteroatoms. The molecule has 0 atom stereocenters. The fourth-order valence-electron chi connectivity index (χ4n) is 0.828. The molecule has 0 aliphatic heterocycles. The van der Waals surface area contributed by atoms with E-state index in [-0.39, 0.29) is 17.1 Å². The molecule has 0 unspecified atom stereocenters. The summed E-state index contributed by atoms with van der Waals surface area (Å²) in [7, 11) is 1.65. The van der Waals surface area contributed by atoms with Gasteiger partial charge in [0.15, 0.2) is 0 Å². The molecule has 2 aromatic carbocycles. The first kappa shape index (κ1) is 21.6. The van der Waals surface area contributed by atoms with Gasteiger partial charge >= 0.3 is 39.7 Å². The van der Waals surface area contributed by atoms with Crippen LogP contribution in [-0.4, -0.2) is 7.11 Å². The van der Waals surface area contributed by atoms with Crippen LogP contribution in [0.4, 0.5) is 0 Å². The second kappa shape index (κ2) is 20.7. The fourth-order valence-corrected chi connectivity index (χ4v) is 0.828. The Morgan fingerprint density at radius 3 is 1.72 bits per heavy atom. The molecular formula is C14H12FeO3+4. The SMILES string of the molecule is COc1cc[c-]cc1.[C-]#[O+].[C-]#[O+].[Fe+6].c1cc[cH-]c1. The normalized spacial score (nSPS) is 6.28. The number of hydrogen-bond acceptors (Lipinski definition) is 1. The van der Waals surface area contributed by atoms with E-state index in [0.717, 1.165) is 5.75 Å². The Balaban J connectivity index is -0.000000196. The molecule has 0 saturated carbocycles. The molecule has 0 aliphatic carbocycles. The van der Waals surface area contributed by atoms with Crippen LogP contribution in [0, 0.1) is 19.4 Å². The summed E-state index contributed by atoms with van der Waals surface area (Å²) < 4.78 is 19.9. The second-order valence-corrected chi connectivity index (χ2v) is 2.40. The average Bonchev–Trinajstić information content (AvgIpc) is 3.03. The Morgan fingerprint density at radius 1 is 1.06 bits per heavy atom. The topological polar surface area (TPSA) is 49.0 Å². The molecule has 0 fully saturated rings. The molecule has 0 spiro atoms. The van der Waals surface area contributed by atoms with Crippen molar-refractivity contribution in [2.75, 3.05) is 7.11 Å². The first-order valence-corrected chi connectivity index (χ1v) is 4.51. The van der Waals surface area contributed by atoms with E-state index in [2.05, 4.69) is 19.4 Å². The first-order valence-electron chi connectivity index (χ1n) is 4.51. The summed E-state index contributed by atoms with van der Waals surface area (Å²) in [5.74, 6) is 0.878. The molecule has 0 bridgehead atoms. The molecule has 0 saturated heterocycles. The van der Waals surface area contributed by atoms with Crippen LogP contribution in [0.2, 0.25) is 0 Å². The minimum Gasteiger partial charge on any atom is -0.214 e. The maximum atomic E-state index is 7.50. The van der Waals surface area contributed by atoms with Gasteiger partial charge in [-0.15, -0.1) is 12.1 Å². The van der Waals surface area contributed by atoms with Crippen molar-refractivity contribution in [2.45, 2.75) is 0 Å². The summed E-state index contributed by atoms with van der Waals surface area (Å²) in [6.45, 7) is 9.00. The summed E-state index contributed by atoms with van der Waals surface area (Å²) in [5, 5.41) is 0. The zero-order valence-corrected chi connectivity index (χ0v) is 10.9. The van der Waals surface area contributed by atoms with Gasteiger partial charge in [-0.1, -0.05) is 0 Å². The molecular weight excluding hydrogens is 272 g/mol. The predicted octanol–water partition coefficient (Wildman–Crippen LogP) is 2.82. The number of rotatable bonds is 1. The van der Waals surface area contributed by atoms with Crippen molar-refractivity contribution in [3.8, 4) is 5.75 Å². The van der Waals surface area contributed by atoms with Crippen LogP contribution in [0.25, 0.3) is 0 Å². The Kier molecular flexibility index (Phi) is 24.9. The van der Waals surface area contributed by atoms with Gasteiger partial charge in [0.2, 0.25) is 0 Å². The van der Waals surface area contributed by atoms with Crippen LogP contribution in [0.3, 0.4) is 0 Å². The van der Waals surface area contributed by atoms with Crippen molar-refractivity contribution in [1.29, 1.82) is 0 Å². The first-order chi connectivity index (χ1) is 8.43. The molecule has 0 heterocycles. The van der Waals surface area contributed by atoms with Crippen molar-refractivity contribution in [3.05, 3.63) is 74.0 Å². The van der Waals surface area contributed by atoms with E-state index in [1.54, 1.807) is 7.11 Å². The van der Waals surface area contributed by atoms with Crippen LogP contribution in [0.1, 0.15) is 0 Å². The largest absolute Gasteiger partial charge is 6.00 e. The Labute approximate surface area is 118 Å². The Morgan fingerprint density at radius 2 is 1.50 bits per heavy atom. The molecule has 0 aliphatic rings. The number of ether oxygens (including phenoxy) is 1. The third-order valence-corrected chi connectivity index (χ3v) is 1.48. The summed E-state index contributed by atoms with van der Waals surface area (Å²) in [6.07, 6.45) is 0. The molecule has 90 valence electrons. The minimum atomic E-state index is 0. The van der Waals surface area contributed by atoms with Gasteiger partial charge in [-0.25, -0.2) is 12.1 Å². The molecule has 3 nitrogen and oxygen atoms in total. The van der Waals surface area contributed by atoms with Crippen molar-refractivity contribution in [3.63, 3.8) is 0 Å². The van der Waals surface area contributed by atoms with Gasteiger partial charge < -0.3 is 4.74 Å². The zero-order valence-electron chi connectivity index (χ0n) is 9.77. The summed E-state index contributed by atoms with van der Waals surface area (Å²) in [5.41, 5.74) is 0. The molecule has 0 radical (unpaired) electrons. The van der Waals surface area contributed by atoms with E-state index in [1.165, 1.54) is 0 Å². The molecule has 0 amide bonds. The molecule has 2 aromatic rings. The summed E-state index contributed by atoms with van der Waals surface area (Å²) in [6, 6.07) is 20.2. The number of benzene rings is 1. The van der Waals surface area contributed by atoms with Crippen LogP contribution >= 0.6 is 0 Å². The van der Waals surface area contributed by atoms with Crippen LogP contribution < -0.4 is 4.74 Å². The number of hydrogen-bond donors (Lipinski definition) is 0. The zero-order chi connectivity index (χ0) is 13.4. The molecule has 0 N–H and O–H groups in total. The van der Waals surface area contributed by atoms with E-state index in [9.17, 15) is 0 Å². The van der Waals surface area contributed by atoms with Crippen LogP contribution in [0.5, 0.6) is 5.75 Å². The van der Waals surface area contributed by atoms with Gasteiger partial charge in [-0.2, -0.15) is 36.4 Å². The average molecular weight is 284 g/mol. The van der Waals surface area contributed by atoms with E-state index < -0.39 is 0 Å². The van der Waals surface area contributed by atoms with E-state index in [0.29, 0.717) is 0 Å². The van der Waals surface area contributed by atoms with E-state index >= 15 is 0 Å². The van der Waals surface area contributed by atoms with Gasteiger partial charge in [0.05, 0.1) is 7.11 Å². The van der Waals surface area contributed by atoms with E-state index in [1.807, 2.05) is 54.6 Å². The van der Waals surface area contributed by atoms with Crippen molar-refractivity contribution >= 4 is 0 Å². The quantitative estimate of drug-likeness (QED) is 0.451. The van der Waals surface area contributed by atoms with Gasteiger partial charge in [0.25, 0.3) is 0 Å². The smallest absolute Gasteiger partial charge is 0.214 e. The predicted molar refractivity (Wildman–Crippen MR) is 61.7 cm³/mol. The van der Waals surface area contributed by atoms with E-state index in [4.69, 9.17) is 14.0 Å². The Bertz CT molecular complexity index is 342. The summed E-state index contributed by atoms with van der Waals surface area (Å²) >= 11 is 0. The third kappa shape index (κ3) is 14.4. The van der Waals surface area contributed by atoms with Crippen molar-refractivity contribution in [1.82, 2.24) is 0 Å². The Hall–Kier alpha value is -1.63. The second-order valence-electron chi connectivity index (χ2n) is 2.40. The van der Waals surface area contributed by atoms with Gasteiger partial charge in [0.1, 0.15) is 0 Å². The van der Waals surface area contributed by atoms with Gasteiger partial charge in [-0.3, -0.25) is 0 Å². The third-order valence-electron chi connectivity index (χ3n) is 1.48. The van der Waals surface area contributed by atoms with Gasteiger partial charge in [0, 0.05) is 5.75 Å².